The molecule has 0 unspecified atom stereocenters. The molecule has 0 fully saturated rings. The van der Waals surface area contributed by atoms with E-state index >= 15 is 0 Å². The Morgan fingerprint density at radius 1 is 1.10 bits per heavy atom. The predicted molar refractivity (Wildman–Crippen MR) is 78.2 cm³/mol. The largest absolute Gasteiger partial charge is 0.398 e. The number of hydrogen-bond donors (Lipinski definition) is 1. The lowest BCUT2D eigenvalue weighted by Gasteiger charge is -2.04. The third-order valence-electron chi connectivity index (χ3n) is 2.90. The van der Waals surface area contributed by atoms with Crippen LogP contribution in [0.2, 0.25) is 5.02 Å². The summed E-state index contributed by atoms with van der Waals surface area (Å²) < 4.78 is 0. The molecule has 0 aliphatic heterocycles. The van der Waals surface area contributed by atoms with E-state index in [1.807, 2.05) is 36.4 Å². The average molecular weight is 286 g/mol. The highest BCUT2D eigenvalue weighted by Gasteiger charge is 2.07. The Bertz CT molecular complexity index is 723. The maximum absolute atomic E-state index is 5.91. The minimum absolute atomic E-state index is 0.461. The number of halogens is 1. The van der Waals surface area contributed by atoms with Crippen molar-refractivity contribution in [3.05, 3.63) is 59.1 Å². The van der Waals surface area contributed by atoms with E-state index in [9.17, 15) is 0 Å². The lowest BCUT2D eigenvalue weighted by Crippen LogP contribution is -2.06. The third kappa shape index (κ3) is 2.62. The summed E-state index contributed by atoms with van der Waals surface area (Å²) in [4.78, 5) is 1.52. The van der Waals surface area contributed by atoms with Crippen molar-refractivity contribution < 1.29 is 0 Å². The highest BCUT2D eigenvalue weighted by atomic mass is 35.5. The SMILES string of the molecule is Nc1cc(Cl)ccc1Cn1nnc(-c2ccccc2)n1. The van der Waals surface area contributed by atoms with Gasteiger partial charge in [-0.2, -0.15) is 4.80 Å². The zero-order valence-electron chi connectivity index (χ0n) is 10.6. The molecule has 0 radical (unpaired) electrons. The van der Waals surface area contributed by atoms with Gasteiger partial charge in [-0.15, -0.1) is 10.2 Å². The molecule has 0 bridgehead atoms. The molecular weight excluding hydrogens is 274 g/mol. The zero-order valence-corrected chi connectivity index (χ0v) is 11.3. The second-order valence-corrected chi connectivity index (χ2v) is 4.79. The van der Waals surface area contributed by atoms with Gasteiger partial charge in [-0.1, -0.05) is 48.0 Å². The van der Waals surface area contributed by atoms with Crippen molar-refractivity contribution in [2.24, 2.45) is 0 Å². The Morgan fingerprint density at radius 2 is 1.90 bits per heavy atom. The first-order valence-electron chi connectivity index (χ1n) is 6.09. The Morgan fingerprint density at radius 3 is 2.65 bits per heavy atom. The number of nitrogens with two attached hydrogens (primary N) is 1. The van der Waals surface area contributed by atoms with Gasteiger partial charge in [0.25, 0.3) is 0 Å². The molecule has 0 aliphatic rings. The summed E-state index contributed by atoms with van der Waals surface area (Å²) in [5, 5.41) is 13.0. The van der Waals surface area contributed by atoms with Crippen molar-refractivity contribution in [1.29, 1.82) is 0 Å². The fourth-order valence-corrected chi connectivity index (χ4v) is 2.06. The number of nitrogens with zero attached hydrogens (tertiary/aromatic N) is 4. The summed E-state index contributed by atoms with van der Waals surface area (Å²) in [6.45, 7) is 0.461. The Kier molecular flexibility index (Phi) is 3.35. The second kappa shape index (κ2) is 5.30. The van der Waals surface area contributed by atoms with Gasteiger partial charge in [0.15, 0.2) is 0 Å². The fraction of sp³-hybridized carbons (Fsp3) is 0.0714. The Labute approximate surface area is 121 Å². The van der Waals surface area contributed by atoms with Gasteiger partial charge in [0.05, 0.1) is 6.54 Å². The van der Waals surface area contributed by atoms with Crippen LogP contribution in [0, 0.1) is 0 Å². The van der Waals surface area contributed by atoms with Crippen LogP contribution in [0.3, 0.4) is 0 Å². The Balaban J connectivity index is 1.84. The van der Waals surface area contributed by atoms with E-state index < -0.39 is 0 Å². The molecule has 2 aromatic carbocycles. The van der Waals surface area contributed by atoms with E-state index in [-0.39, 0.29) is 0 Å². The van der Waals surface area contributed by atoms with Crippen LogP contribution >= 0.6 is 11.6 Å². The zero-order chi connectivity index (χ0) is 13.9. The monoisotopic (exact) mass is 285 g/mol. The van der Waals surface area contributed by atoms with E-state index in [1.54, 1.807) is 12.1 Å². The first-order valence-corrected chi connectivity index (χ1v) is 6.47. The number of aromatic nitrogens is 4. The molecule has 3 aromatic rings. The van der Waals surface area contributed by atoms with Crippen LogP contribution in [0.1, 0.15) is 5.56 Å². The van der Waals surface area contributed by atoms with Crippen molar-refractivity contribution in [1.82, 2.24) is 20.2 Å². The van der Waals surface area contributed by atoms with Gasteiger partial charge in [0.2, 0.25) is 5.82 Å². The maximum atomic E-state index is 5.91. The quantitative estimate of drug-likeness (QED) is 0.751. The van der Waals surface area contributed by atoms with Crippen molar-refractivity contribution in [2.45, 2.75) is 6.54 Å². The molecule has 0 amide bonds. The average Bonchev–Trinajstić information content (AvgIpc) is 2.92. The van der Waals surface area contributed by atoms with Crippen molar-refractivity contribution in [3.8, 4) is 11.4 Å². The minimum Gasteiger partial charge on any atom is -0.398 e. The van der Waals surface area contributed by atoms with Crippen LogP contribution in [-0.2, 0) is 6.54 Å². The molecule has 100 valence electrons. The van der Waals surface area contributed by atoms with Crippen molar-refractivity contribution in [3.63, 3.8) is 0 Å². The lowest BCUT2D eigenvalue weighted by molar-refractivity contribution is 0.573. The highest BCUT2D eigenvalue weighted by molar-refractivity contribution is 6.30. The molecule has 0 saturated carbocycles. The molecule has 1 heterocycles. The number of anilines is 1. The molecule has 1 aromatic heterocycles. The number of rotatable bonds is 3. The van der Waals surface area contributed by atoms with Crippen molar-refractivity contribution in [2.75, 3.05) is 5.73 Å². The molecule has 0 atom stereocenters. The van der Waals surface area contributed by atoms with Crippen LogP contribution in [0.15, 0.2) is 48.5 Å². The van der Waals surface area contributed by atoms with Gasteiger partial charge in [-0.25, -0.2) is 0 Å². The van der Waals surface area contributed by atoms with Crippen molar-refractivity contribution >= 4 is 17.3 Å². The van der Waals surface area contributed by atoms with Crippen LogP contribution in [-0.4, -0.2) is 20.2 Å². The molecule has 5 nitrogen and oxygen atoms in total. The molecule has 3 rings (SSSR count). The van der Waals surface area contributed by atoms with E-state index in [0.717, 1.165) is 11.1 Å². The topological polar surface area (TPSA) is 69.6 Å². The van der Waals surface area contributed by atoms with Gasteiger partial charge in [-0.05, 0) is 22.9 Å². The van der Waals surface area contributed by atoms with Crippen LogP contribution in [0.4, 0.5) is 5.69 Å². The molecule has 0 aliphatic carbocycles. The highest BCUT2D eigenvalue weighted by Crippen LogP contribution is 2.19. The van der Waals surface area contributed by atoms with E-state index in [1.165, 1.54) is 4.80 Å². The molecular formula is C14H12ClN5. The molecule has 0 spiro atoms. The second-order valence-electron chi connectivity index (χ2n) is 4.35. The minimum atomic E-state index is 0.461. The lowest BCUT2D eigenvalue weighted by atomic mass is 10.2. The van der Waals surface area contributed by atoms with E-state index in [4.69, 9.17) is 17.3 Å². The number of tetrazole rings is 1. The summed E-state index contributed by atoms with van der Waals surface area (Å²) >= 11 is 5.87. The summed E-state index contributed by atoms with van der Waals surface area (Å²) in [7, 11) is 0. The van der Waals surface area contributed by atoms with Gasteiger partial charge in [0, 0.05) is 16.3 Å². The number of nitrogen functional groups attached to an aromatic ring is 1. The standard InChI is InChI=1S/C14H12ClN5/c15-12-7-6-11(13(16)8-12)9-20-18-14(17-19-20)10-4-2-1-3-5-10/h1-8H,9,16H2. The van der Waals surface area contributed by atoms with Gasteiger partial charge in [0.1, 0.15) is 0 Å². The van der Waals surface area contributed by atoms with Gasteiger partial charge < -0.3 is 5.73 Å². The number of hydrogen-bond acceptors (Lipinski definition) is 4. The predicted octanol–water partition coefficient (Wildman–Crippen LogP) is 2.62. The first-order chi connectivity index (χ1) is 9.72. The maximum Gasteiger partial charge on any atom is 0.204 e. The molecule has 20 heavy (non-hydrogen) atoms. The summed E-state index contributed by atoms with van der Waals surface area (Å²) in [5.41, 5.74) is 8.38. The van der Waals surface area contributed by atoms with Gasteiger partial charge >= 0.3 is 0 Å². The van der Waals surface area contributed by atoms with Crippen LogP contribution < -0.4 is 5.73 Å². The van der Waals surface area contributed by atoms with Gasteiger partial charge in [-0.3, -0.25) is 0 Å². The smallest absolute Gasteiger partial charge is 0.204 e. The normalized spacial score (nSPS) is 10.7. The summed E-state index contributed by atoms with van der Waals surface area (Å²) in [5.74, 6) is 0.595. The summed E-state index contributed by atoms with van der Waals surface area (Å²) in [6.07, 6.45) is 0. The Hall–Kier alpha value is -2.40. The van der Waals surface area contributed by atoms with Crippen LogP contribution in [0.25, 0.3) is 11.4 Å². The van der Waals surface area contributed by atoms with Crippen LogP contribution in [0.5, 0.6) is 0 Å². The third-order valence-corrected chi connectivity index (χ3v) is 3.14. The fourth-order valence-electron chi connectivity index (χ4n) is 1.88. The molecule has 0 saturated heterocycles. The first kappa shape index (κ1) is 12.6. The van der Waals surface area contributed by atoms with E-state index in [0.29, 0.717) is 23.1 Å². The molecule has 6 heteroatoms. The molecule has 2 N–H and O–H groups in total. The number of benzene rings is 2. The van der Waals surface area contributed by atoms with E-state index in [2.05, 4.69) is 15.4 Å². The summed E-state index contributed by atoms with van der Waals surface area (Å²) in [6, 6.07) is 15.1.